The normalized spacial score (nSPS) is 11.3. The van der Waals surface area contributed by atoms with Crippen molar-refractivity contribution in [3.05, 3.63) is 81.4 Å². The molecule has 0 heterocycles. The van der Waals surface area contributed by atoms with Gasteiger partial charge in [0.15, 0.2) is 6.61 Å². The molecule has 0 bridgehead atoms. The van der Waals surface area contributed by atoms with Gasteiger partial charge >= 0.3 is 11.9 Å². The molecule has 3 aromatic rings. The van der Waals surface area contributed by atoms with Crippen LogP contribution in [0.2, 0.25) is 0 Å². The monoisotopic (exact) mass is 1310 g/mol. The lowest BCUT2D eigenvalue weighted by atomic mass is 9.90. The smallest absolute Gasteiger partial charge is 0.305 e. The van der Waals surface area contributed by atoms with Crippen LogP contribution in [-0.2, 0) is 90.2 Å². The van der Waals surface area contributed by atoms with Gasteiger partial charge in [-0.1, -0.05) is 17.7 Å². The first kappa shape index (κ1) is 80.4. The number of anilines is 1. The van der Waals surface area contributed by atoms with Gasteiger partial charge in [-0.2, -0.15) is 0 Å². The van der Waals surface area contributed by atoms with Crippen LogP contribution in [0, 0.1) is 34.6 Å². The summed E-state index contributed by atoms with van der Waals surface area (Å²) in [5, 5.41) is 25.6. The fourth-order valence-electron chi connectivity index (χ4n) is 8.40. The van der Waals surface area contributed by atoms with Gasteiger partial charge in [-0.3, -0.25) is 24.0 Å². The number of carboxylic acid groups (broad SMARTS) is 2. The molecule has 0 unspecified atom stereocenters. The minimum atomic E-state index is -0.896. The Morgan fingerprint density at radius 3 is 0.935 bits per heavy atom. The van der Waals surface area contributed by atoms with E-state index in [1.807, 2.05) is 19.9 Å². The number of hydrogen-bond acceptors (Lipinski definition) is 22. The predicted octanol–water partition coefficient (Wildman–Crippen LogP) is 4.59. The molecule has 0 spiro atoms. The Morgan fingerprint density at radius 2 is 0.630 bits per heavy atom. The second-order valence-electron chi connectivity index (χ2n) is 20.4. The number of nitrogens with one attached hydrogen (secondary N) is 3. The number of ether oxygens (including phenoxy) is 17. The van der Waals surface area contributed by atoms with Gasteiger partial charge in [0.2, 0.25) is 0 Å². The number of carboxylic acids is 2. The summed E-state index contributed by atoms with van der Waals surface area (Å²) in [7, 11) is 0. The van der Waals surface area contributed by atoms with Gasteiger partial charge in [-0.05, 0) is 98.3 Å². The number of rotatable bonds is 61. The van der Waals surface area contributed by atoms with Crippen molar-refractivity contribution in [2.45, 2.75) is 47.5 Å². The van der Waals surface area contributed by atoms with Gasteiger partial charge in [0.1, 0.15) is 5.75 Å². The van der Waals surface area contributed by atoms with Gasteiger partial charge in [-0.25, -0.2) is 0 Å². The van der Waals surface area contributed by atoms with E-state index in [0.29, 0.717) is 178 Å². The number of aryl methyl sites for hydroxylation is 5. The van der Waals surface area contributed by atoms with Crippen LogP contribution in [0.5, 0.6) is 5.75 Å². The highest BCUT2D eigenvalue weighted by Crippen LogP contribution is 2.35. The molecule has 0 fully saturated rings. The number of amides is 3. The minimum Gasteiger partial charge on any atom is -0.483 e. The molecule has 92 heavy (non-hydrogen) atoms. The van der Waals surface area contributed by atoms with Crippen LogP contribution in [-0.4, -0.2) is 271 Å². The molecule has 27 nitrogen and oxygen atoms in total. The summed E-state index contributed by atoms with van der Waals surface area (Å²) in [6, 6.07) is 12.8. The van der Waals surface area contributed by atoms with E-state index < -0.39 is 29.7 Å². The molecule has 3 aromatic carbocycles. The van der Waals surface area contributed by atoms with E-state index in [9.17, 15) is 24.0 Å². The molecule has 0 saturated heterocycles. The Balaban J connectivity index is 1.30. The Kier molecular flexibility index (Phi) is 46.8. The average Bonchev–Trinajstić information content (AvgIpc) is 0.838. The van der Waals surface area contributed by atoms with E-state index in [0.717, 1.165) is 16.7 Å². The summed E-state index contributed by atoms with van der Waals surface area (Å²) < 4.78 is 93.4. The third kappa shape index (κ3) is 41.0. The fourth-order valence-corrected chi connectivity index (χ4v) is 8.40. The third-order valence-electron chi connectivity index (χ3n) is 12.8. The van der Waals surface area contributed by atoms with E-state index >= 15 is 0 Å². The van der Waals surface area contributed by atoms with Crippen LogP contribution in [0.15, 0.2) is 42.5 Å². The van der Waals surface area contributed by atoms with Crippen LogP contribution < -0.4 is 20.7 Å². The van der Waals surface area contributed by atoms with E-state index in [-0.39, 0.29) is 89.0 Å². The summed E-state index contributed by atoms with van der Waals surface area (Å²) in [6.07, 6.45) is -0.0608. The lowest BCUT2D eigenvalue weighted by Crippen LogP contribution is -2.30. The highest BCUT2D eigenvalue weighted by atomic mass is 16.6. The lowest BCUT2D eigenvalue weighted by Gasteiger charge is -2.17. The molecular formula is C65H101N3O24. The van der Waals surface area contributed by atoms with E-state index in [4.69, 9.17) is 90.7 Å². The number of carbonyl (C=O) groups is 5. The molecule has 5 N–H and O–H groups in total. The molecule has 0 aliphatic rings. The van der Waals surface area contributed by atoms with Gasteiger partial charge in [0, 0.05) is 29.9 Å². The first-order valence-electron chi connectivity index (χ1n) is 31.3. The zero-order valence-corrected chi connectivity index (χ0v) is 54.6. The molecule has 0 radical (unpaired) electrons. The quantitative estimate of drug-likeness (QED) is 0.0483. The van der Waals surface area contributed by atoms with Crippen molar-refractivity contribution < 1.29 is 115 Å². The van der Waals surface area contributed by atoms with E-state index in [1.54, 1.807) is 0 Å². The third-order valence-corrected chi connectivity index (χ3v) is 12.8. The zero-order chi connectivity index (χ0) is 66.5. The molecular weight excluding hydrogens is 1210 g/mol. The predicted molar refractivity (Wildman–Crippen MR) is 338 cm³/mol. The van der Waals surface area contributed by atoms with Crippen molar-refractivity contribution in [2.75, 3.05) is 236 Å². The second-order valence-corrected chi connectivity index (χ2v) is 20.4. The number of carbonyl (C=O) groups excluding carboxylic acids is 3. The van der Waals surface area contributed by atoms with Crippen LogP contribution in [0.1, 0.15) is 61.4 Å². The number of aliphatic carboxylic acids is 2. The van der Waals surface area contributed by atoms with Crippen molar-refractivity contribution in [2.24, 2.45) is 0 Å². The molecule has 27 heteroatoms. The Morgan fingerprint density at radius 1 is 0.337 bits per heavy atom. The summed E-state index contributed by atoms with van der Waals surface area (Å²) >= 11 is 0. The average molecular weight is 1310 g/mol. The summed E-state index contributed by atoms with van der Waals surface area (Å²) in [5.41, 5.74) is 8.19. The molecule has 0 aromatic heterocycles. The summed E-state index contributed by atoms with van der Waals surface area (Å²) in [5.74, 6) is -2.68. The van der Waals surface area contributed by atoms with Gasteiger partial charge < -0.3 is 107 Å². The standard InChI is InChI=1S/C65H101N3O24/c1-50-42-53(4)63(54(5)43-50)58-44-52(3)59(45-51(58)2)92-49-60(69)68-57-47-55(64(74)66-8-12-78-16-20-82-24-28-86-32-36-90-40-38-88-34-30-84-26-22-80-18-14-76-10-6-61(70)71)46-56(48-57)65(75)67-9-13-79-17-21-83-25-29-87-33-37-91-41-39-89-35-31-85-27-23-81-19-15-77-11-7-62(72)73/h42-48H,6-41,49H2,1-5H3,(H,66,74)(H,67,75)(H,68,69)(H,70,71)(H,72,73). The Hall–Kier alpha value is -5.83. The molecule has 3 rings (SSSR count). The fraction of sp³-hybridized carbons (Fsp3) is 0.646. The maximum Gasteiger partial charge on any atom is 0.305 e. The van der Waals surface area contributed by atoms with Gasteiger partial charge in [0.25, 0.3) is 17.7 Å². The van der Waals surface area contributed by atoms with Crippen molar-refractivity contribution in [1.82, 2.24) is 10.6 Å². The molecule has 0 saturated carbocycles. The highest BCUT2D eigenvalue weighted by molar-refractivity contribution is 6.03. The summed E-state index contributed by atoms with van der Waals surface area (Å²) in [4.78, 5) is 61.3. The van der Waals surface area contributed by atoms with Crippen LogP contribution >= 0.6 is 0 Å². The maximum atomic E-state index is 13.5. The SMILES string of the molecule is Cc1cc(C)c(-c2cc(C)c(OCC(=O)Nc3cc(C(=O)NCCOCCOCCOCCOCCOCCOCCOCCOCCC(=O)O)cc(C(=O)NCCOCCOCCOCCOCCOCCOCCOCCOCCC(=O)O)c3)cc2C)c(C)c1. The van der Waals surface area contributed by atoms with Crippen molar-refractivity contribution in [1.29, 1.82) is 0 Å². The molecule has 0 aliphatic carbocycles. The Labute approximate surface area is 541 Å². The lowest BCUT2D eigenvalue weighted by molar-refractivity contribution is -0.139. The number of hydrogen-bond donors (Lipinski definition) is 5. The molecule has 0 atom stereocenters. The molecule has 520 valence electrons. The largest absolute Gasteiger partial charge is 0.483 e. The van der Waals surface area contributed by atoms with Crippen LogP contribution in [0.25, 0.3) is 11.1 Å². The summed E-state index contributed by atoms with van der Waals surface area (Å²) in [6.45, 7) is 21.7. The van der Waals surface area contributed by atoms with E-state index in [2.05, 4.69) is 54.9 Å². The first-order chi connectivity index (χ1) is 44.7. The molecule has 0 aliphatic heterocycles. The maximum absolute atomic E-state index is 13.5. The first-order valence-corrected chi connectivity index (χ1v) is 31.3. The van der Waals surface area contributed by atoms with Crippen LogP contribution in [0.4, 0.5) is 5.69 Å². The van der Waals surface area contributed by atoms with Gasteiger partial charge in [-0.15, -0.1) is 0 Å². The molecule has 3 amide bonds. The topological polar surface area (TPSA) is 319 Å². The number of benzene rings is 3. The van der Waals surface area contributed by atoms with Crippen molar-refractivity contribution in [3.63, 3.8) is 0 Å². The van der Waals surface area contributed by atoms with Crippen molar-refractivity contribution >= 4 is 35.3 Å². The van der Waals surface area contributed by atoms with Gasteiger partial charge in [0.05, 0.1) is 224 Å². The highest BCUT2D eigenvalue weighted by Gasteiger charge is 2.17. The van der Waals surface area contributed by atoms with Crippen molar-refractivity contribution in [3.8, 4) is 16.9 Å². The Bertz CT molecular complexity index is 2370. The second kappa shape index (κ2) is 53.5. The minimum absolute atomic E-state index is 0.0304. The van der Waals surface area contributed by atoms with Crippen LogP contribution in [0.3, 0.4) is 0 Å². The van der Waals surface area contributed by atoms with E-state index in [1.165, 1.54) is 40.5 Å². The zero-order valence-electron chi connectivity index (χ0n) is 54.6.